The summed E-state index contributed by atoms with van der Waals surface area (Å²) in [5.41, 5.74) is 2.87. The van der Waals surface area contributed by atoms with Gasteiger partial charge in [-0.25, -0.2) is 0 Å². The van der Waals surface area contributed by atoms with Crippen molar-refractivity contribution in [2.45, 2.75) is 47.2 Å². The number of hydrogen-bond acceptors (Lipinski definition) is 6. The smallest absolute Gasteiger partial charge is 0.471 e. The van der Waals surface area contributed by atoms with Gasteiger partial charge in [0.15, 0.2) is 0 Å². The summed E-state index contributed by atoms with van der Waals surface area (Å²) in [6.07, 6.45) is -3.18. The van der Waals surface area contributed by atoms with Gasteiger partial charge in [0.2, 0.25) is 5.82 Å². The predicted molar refractivity (Wildman–Crippen MR) is 96.0 cm³/mol. The lowest BCUT2D eigenvalue weighted by Gasteiger charge is -2.13. The molecular formula is C19H22F3N3O3. The standard InChI is InChI=1S/C18H18F3N3O3.CH4/c1-10-7-13(16-22-17(27-24-16)18(19,20)21)8-11(2)15(10)25-6-4-5-14-9-12(3)26-23-14;/h7-9H,4-6H2,1-3H3;1H4. The summed E-state index contributed by atoms with van der Waals surface area (Å²) in [6, 6.07) is 5.23. The van der Waals surface area contributed by atoms with Crippen molar-refractivity contribution in [1.29, 1.82) is 0 Å². The maximum atomic E-state index is 12.6. The monoisotopic (exact) mass is 397 g/mol. The van der Waals surface area contributed by atoms with Crippen LogP contribution in [0.25, 0.3) is 11.4 Å². The van der Waals surface area contributed by atoms with E-state index in [-0.39, 0.29) is 13.3 Å². The molecule has 0 radical (unpaired) electrons. The van der Waals surface area contributed by atoms with Gasteiger partial charge >= 0.3 is 12.1 Å². The fraction of sp³-hybridized carbons (Fsp3) is 0.421. The third-order valence-electron chi connectivity index (χ3n) is 3.89. The summed E-state index contributed by atoms with van der Waals surface area (Å²) in [4.78, 5) is 3.42. The Morgan fingerprint density at radius 1 is 1.00 bits per heavy atom. The normalized spacial score (nSPS) is 11.4. The molecule has 28 heavy (non-hydrogen) atoms. The molecular weight excluding hydrogens is 375 g/mol. The van der Waals surface area contributed by atoms with Crippen molar-refractivity contribution >= 4 is 0 Å². The number of halogens is 3. The van der Waals surface area contributed by atoms with Crippen molar-refractivity contribution in [1.82, 2.24) is 15.3 Å². The van der Waals surface area contributed by atoms with E-state index in [4.69, 9.17) is 9.26 Å². The number of ether oxygens (including phenoxy) is 1. The zero-order valence-corrected chi connectivity index (χ0v) is 15.1. The molecule has 0 spiro atoms. The molecule has 2 heterocycles. The van der Waals surface area contributed by atoms with E-state index in [0.717, 1.165) is 35.4 Å². The molecule has 1 aromatic carbocycles. The van der Waals surface area contributed by atoms with Gasteiger partial charge in [0.25, 0.3) is 0 Å². The first kappa shape index (κ1) is 21.5. The summed E-state index contributed by atoms with van der Waals surface area (Å²) in [5, 5.41) is 7.34. The lowest BCUT2D eigenvalue weighted by molar-refractivity contribution is -0.159. The molecule has 2 aromatic heterocycles. The highest BCUT2D eigenvalue weighted by Crippen LogP contribution is 2.32. The lowest BCUT2D eigenvalue weighted by atomic mass is 10.1. The third kappa shape index (κ3) is 4.90. The Kier molecular flexibility index (Phi) is 6.48. The third-order valence-corrected chi connectivity index (χ3v) is 3.89. The van der Waals surface area contributed by atoms with E-state index in [1.165, 1.54) is 0 Å². The Balaban J connectivity index is 0.00000280. The molecule has 0 aliphatic carbocycles. The minimum absolute atomic E-state index is 0. The van der Waals surface area contributed by atoms with Crippen LogP contribution in [0.5, 0.6) is 5.75 Å². The first-order chi connectivity index (χ1) is 12.7. The van der Waals surface area contributed by atoms with E-state index >= 15 is 0 Å². The second-order valence-corrected chi connectivity index (χ2v) is 6.24. The van der Waals surface area contributed by atoms with Gasteiger partial charge in [0, 0.05) is 11.6 Å². The summed E-state index contributed by atoms with van der Waals surface area (Å²) < 4.78 is 53.0. The molecule has 0 amide bonds. The number of alkyl halides is 3. The van der Waals surface area contributed by atoms with E-state index in [9.17, 15) is 13.2 Å². The highest BCUT2D eigenvalue weighted by Gasteiger charge is 2.38. The molecule has 0 fully saturated rings. The van der Waals surface area contributed by atoms with E-state index in [0.29, 0.717) is 17.9 Å². The van der Waals surface area contributed by atoms with Gasteiger partial charge in [-0.05, 0) is 56.9 Å². The van der Waals surface area contributed by atoms with Crippen LogP contribution in [0.1, 0.15) is 42.3 Å². The van der Waals surface area contributed by atoms with Crippen LogP contribution in [0, 0.1) is 20.8 Å². The number of nitrogens with zero attached hydrogens (tertiary/aromatic N) is 3. The molecule has 0 aliphatic heterocycles. The van der Waals surface area contributed by atoms with Crippen molar-refractivity contribution in [2.24, 2.45) is 0 Å². The highest BCUT2D eigenvalue weighted by molar-refractivity contribution is 5.61. The molecule has 6 nitrogen and oxygen atoms in total. The first-order valence-electron chi connectivity index (χ1n) is 8.31. The van der Waals surface area contributed by atoms with Gasteiger partial charge < -0.3 is 13.8 Å². The largest absolute Gasteiger partial charge is 0.493 e. The Bertz CT molecular complexity index is 909. The molecule has 0 unspecified atom stereocenters. The molecule has 9 heteroatoms. The second kappa shape index (κ2) is 8.45. The molecule has 0 atom stereocenters. The predicted octanol–water partition coefficient (Wildman–Crippen LogP) is 5.32. The van der Waals surface area contributed by atoms with Crippen LogP contribution in [-0.2, 0) is 12.6 Å². The topological polar surface area (TPSA) is 74.2 Å². The Hall–Kier alpha value is -2.84. The Morgan fingerprint density at radius 2 is 1.68 bits per heavy atom. The zero-order chi connectivity index (χ0) is 19.6. The van der Waals surface area contributed by atoms with Crippen molar-refractivity contribution in [3.63, 3.8) is 0 Å². The molecule has 152 valence electrons. The van der Waals surface area contributed by atoms with Crippen molar-refractivity contribution in [2.75, 3.05) is 6.61 Å². The number of aryl methyl sites for hydroxylation is 4. The number of benzene rings is 1. The van der Waals surface area contributed by atoms with Crippen LogP contribution in [0.15, 0.2) is 27.2 Å². The van der Waals surface area contributed by atoms with Gasteiger partial charge in [-0.2, -0.15) is 18.2 Å². The van der Waals surface area contributed by atoms with Crippen LogP contribution < -0.4 is 4.74 Å². The van der Waals surface area contributed by atoms with Crippen molar-refractivity contribution in [3.05, 3.63) is 46.7 Å². The molecule has 0 N–H and O–H groups in total. The SMILES string of the molecule is C.Cc1cc(CCCOc2c(C)cc(-c3noc(C(F)(F)F)n3)cc2C)no1. The number of aromatic nitrogens is 3. The maximum Gasteiger partial charge on any atom is 0.471 e. The van der Waals surface area contributed by atoms with Gasteiger partial charge in [0.1, 0.15) is 11.5 Å². The summed E-state index contributed by atoms with van der Waals surface area (Å²) in [7, 11) is 0. The fourth-order valence-electron chi connectivity index (χ4n) is 2.73. The average molecular weight is 397 g/mol. The Morgan fingerprint density at radius 3 is 2.21 bits per heavy atom. The molecule has 0 bridgehead atoms. The first-order valence-corrected chi connectivity index (χ1v) is 8.31. The molecule has 0 saturated carbocycles. The number of rotatable bonds is 6. The maximum absolute atomic E-state index is 12.6. The van der Waals surface area contributed by atoms with Crippen LogP contribution in [0.2, 0.25) is 0 Å². The zero-order valence-electron chi connectivity index (χ0n) is 15.1. The van der Waals surface area contributed by atoms with Gasteiger partial charge in [-0.15, -0.1) is 0 Å². The van der Waals surface area contributed by atoms with Gasteiger partial charge in [0.05, 0.1) is 12.3 Å². The van der Waals surface area contributed by atoms with E-state index < -0.39 is 12.1 Å². The van der Waals surface area contributed by atoms with Crippen molar-refractivity contribution in [3.8, 4) is 17.1 Å². The summed E-state index contributed by atoms with van der Waals surface area (Å²) in [5.74, 6) is -0.0179. The molecule has 3 rings (SSSR count). The van der Waals surface area contributed by atoms with E-state index in [1.807, 2.05) is 26.8 Å². The van der Waals surface area contributed by atoms with E-state index in [1.54, 1.807) is 12.1 Å². The van der Waals surface area contributed by atoms with Crippen LogP contribution in [-0.4, -0.2) is 21.9 Å². The van der Waals surface area contributed by atoms with Gasteiger partial charge in [-0.1, -0.05) is 17.7 Å². The molecule has 0 aliphatic rings. The summed E-state index contributed by atoms with van der Waals surface area (Å²) >= 11 is 0. The van der Waals surface area contributed by atoms with Gasteiger partial charge in [-0.3, -0.25) is 0 Å². The van der Waals surface area contributed by atoms with Crippen molar-refractivity contribution < 1.29 is 27.0 Å². The molecule has 0 saturated heterocycles. The average Bonchev–Trinajstić information content (AvgIpc) is 3.22. The minimum atomic E-state index is -4.67. The second-order valence-electron chi connectivity index (χ2n) is 6.24. The molecule has 3 aromatic rings. The summed E-state index contributed by atoms with van der Waals surface area (Å²) in [6.45, 7) is 5.95. The lowest BCUT2D eigenvalue weighted by Crippen LogP contribution is -2.05. The van der Waals surface area contributed by atoms with Crippen LogP contribution >= 0.6 is 0 Å². The highest BCUT2D eigenvalue weighted by atomic mass is 19.4. The number of hydrogen-bond donors (Lipinski definition) is 0. The quantitative estimate of drug-likeness (QED) is 0.524. The minimum Gasteiger partial charge on any atom is -0.493 e. The fourth-order valence-corrected chi connectivity index (χ4v) is 2.73. The van der Waals surface area contributed by atoms with Crippen LogP contribution in [0.4, 0.5) is 13.2 Å². The van der Waals surface area contributed by atoms with E-state index in [2.05, 4.69) is 19.8 Å². The van der Waals surface area contributed by atoms with Crippen LogP contribution in [0.3, 0.4) is 0 Å². The Labute approximate surface area is 160 Å².